The minimum atomic E-state index is -0.604. The van der Waals surface area contributed by atoms with Gasteiger partial charge in [0.15, 0.2) is 0 Å². The summed E-state index contributed by atoms with van der Waals surface area (Å²) in [6.07, 6.45) is 0. The number of amides is 1. The van der Waals surface area contributed by atoms with Crippen LogP contribution in [0.5, 0.6) is 6.01 Å². The first-order chi connectivity index (χ1) is 7.52. The van der Waals surface area contributed by atoms with Crippen LogP contribution in [0.25, 0.3) is 0 Å². The van der Waals surface area contributed by atoms with Crippen molar-refractivity contribution in [3.63, 3.8) is 0 Å². The highest BCUT2D eigenvalue weighted by atomic mass is 35.5. The topological polar surface area (TPSA) is 103 Å². The molecule has 0 fully saturated rings. The number of primary amides is 1. The molecule has 16 heavy (non-hydrogen) atoms. The molecule has 1 amide bonds. The Kier molecular flexibility index (Phi) is 4.24. The summed E-state index contributed by atoms with van der Waals surface area (Å²) in [5.74, 6) is -0.371. The van der Waals surface area contributed by atoms with Gasteiger partial charge in [0.05, 0.1) is 6.61 Å². The van der Waals surface area contributed by atoms with Crippen LogP contribution in [-0.2, 0) is 4.79 Å². The molecule has 1 unspecified atom stereocenters. The highest BCUT2D eigenvalue weighted by molar-refractivity contribution is 6.28. The van der Waals surface area contributed by atoms with E-state index in [1.165, 1.54) is 0 Å². The van der Waals surface area contributed by atoms with Crippen LogP contribution in [0, 0.1) is 0 Å². The van der Waals surface area contributed by atoms with E-state index in [-0.39, 0.29) is 17.2 Å². The van der Waals surface area contributed by atoms with Crippen LogP contribution in [0.15, 0.2) is 0 Å². The number of halogens is 1. The van der Waals surface area contributed by atoms with E-state index in [0.717, 1.165) is 0 Å². The molecule has 0 aromatic carbocycles. The lowest BCUT2D eigenvalue weighted by atomic mass is 10.3. The predicted octanol–water partition coefficient (Wildman–Crippen LogP) is 0.209. The van der Waals surface area contributed by atoms with Gasteiger partial charge in [0, 0.05) is 0 Å². The summed E-state index contributed by atoms with van der Waals surface area (Å²) in [4.78, 5) is 22.2. The zero-order valence-electron chi connectivity index (χ0n) is 8.90. The number of aromatic nitrogens is 3. The molecule has 0 aliphatic rings. The van der Waals surface area contributed by atoms with Crippen molar-refractivity contribution in [3.05, 3.63) is 5.28 Å². The molecule has 1 aromatic heterocycles. The number of ether oxygens (including phenoxy) is 1. The molecule has 1 atom stereocenters. The number of carbonyl (C=O) groups is 1. The molecular weight excluding hydrogens is 234 g/mol. The van der Waals surface area contributed by atoms with Crippen LogP contribution in [0.4, 0.5) is 5.95 Å². The third-order valence-electron chi connectivity index (χ3n) is 1.63. The molecule has 1 aromatic rings. The van der Waals surface area contributed by atoms with Gasteiger partial charge in [0.1, 0.15) is 6.04 Å². The standard InChI is InChI=1S/C8H12ClN5O2/c1-3-16-8-13-6(9)12-7(14-8)11-4(2)5(10)15/h4H,3H2,1-2H3,(H2,10,15)(H,11,12,13,14). The molecule has 1 rings (SSSR count). The fourth-order valence-corrected chi connectivity index (χ4v) is 1.01. The molecule has 3 N–H and O–H groups in total. The van der Waals surface area contributed by atoms with Crippen LogP contribution in [0.2, 0.25) is 5.28 Å². The molecule has 0 saturated heterocycles. The van der Waals surface area contributed by atoms with Crippen molar-refractivity contribution >= 4 is 23.5 Å². The molecule has 1 heterocycles. The second-order valence-corrected chi connectivity index (χ2v) is 3.25. The number of rotatable bonds is 5. The summed E-state index contributed by atoms with van der Waals surface area (Å²) < 4.78 is 5.07. The van der Waals surface area contributed by atoms with Crippen LogP contribution in [-0.4, -0.2) is 33.5 Å². The molecule has 0 saturated carbocycles. The van der Waals surface area contributed by atoms with E-state index in [9.17, 15) is 4.79 Å². The number of nitrogens with one attached hydrogen (secondary N) is 1. The Labute approximate surface area is 97.4 Å². The maximum Gasteiger partial charge on any atom is 0.322 e. The van der Waals surface area contributed by atoms with E-state index >= 15 is 0 Å². The van der Waals surface area contributed by atoms with Crippen LogP contribution in [0.1, 0.15) is 13.8 Å². The Balaban J connectivity index is 2.83. The molecular formula is C8H12ClN5O2. The van der Waals surface area contributed by atoms with E-state index < -0.39 is 11.9 Å². The van der Waals surface area contributed by atoms with Crippen molar-refractivity contribution in [2.75, 3.05) is 11.9 Å². The first-order valence-electron chi connectivity index (χ1n) is 4.63. The molecule has 8 heteroatoms. The first-order valence-corrected chi connectivity index (χ1v) is 5.01. The fraction of sp³-hybridized carbons (Fsp3) is 0.500. The number of hydrogen-bond acceptors (Lipinski definition) is 6. The lowest BCUT2D eigenvalue weighted by molar-refractivity contribution is -0.118. The van der Waals surface area contributed by atoms with Crippen molar-refractivity contribution in [2.24, 2.45) is 5.73 Å². The number of anilines is 1. The van der Waals surface area contributed by atoms with E-state index in [1.54, 1.807) is 13.8 Å². The van der Waals surface area contributed by atoms with E-state index in [1.807, 2.05) is 0 Å². The van der Waals surface area contributed by atoms with Crippen molar-refractivity contribution in [1.29, 1.82) is 0 Å². The van der Waals surface area contributed by atoms with Gasteiger partial charge in [-0.05, 0) is 25.4 Å². The fourth-order valence-electron chi connectivity index (χ4n) is 0.855. The van der Waals surface area contributed by atoms with E-state index in [2.05, 4.69) is 20.3 Å². The Hall–Kier alpha value is -1.63. The SMILES string of the molecule is CCOc1nc(Cl)nc(NC(C)C(N)=O)n1. The van der Waals surface area contributed by atoms with Crippen molar-refractivity contribution in [2.45, 2.75) is 19.9 Å². The molecule has 88 valence electrons. The Bertz CT molecular complexity index is 387. The Morgan fingerprint density at radius 3 is 2.81 bits per heavy atom. The van der Waals surface area contributed by atoms with Gasteiger partial charge < -0.3 is 15.8 Å². The summed E-state index contributed by atoms with van der Waals surface area (Å²) in [7, 11) is 0. The Morgan fingerprint density at radius 2 is 2.25 bits per heavy atom. The summed E-state index contributed by atoms with van der Waals surface area (Å²) >= 11 is 5.65. The lowest BCUT2D eigenvalue weighted by Crippen LogP contribution is -2.33. The maximum atomic E-state index is 10.8. The number of hydrogen-bond donors (Lipinski definition) is 2. The largest absolute Gasteiger partial charge is 0.464 e. The van der Waals surface area contributed by atoms with Gasteiger partial charge in [-0.25, -0.2) is 0 Å². The third-order valence-corrected chi connectivity index (χ3v) is 1.80. The molecule has 0 aliphatic heterocycles. The van der Waals surface area contributed by atoms with Crippen molar-refractivity contribution in [1.82, 2.24) is 15.0 Å². The van der Waals surface area contributed by atoms with Crippen LogP contribution < -0.4 is 15.8 Å². The summed E-state index contributed by atoms with van der Waals surface area (Å²) in [6, 6.07) is -0.505. The number of nitrogens with two attached hydrogens (primary N) is 1. The van der Waals surface area contributed by atoms with Gasteiger partial charge in [-0.2, -0.15) is 15.0 Å². The van der Waals surface area contributed by atoms with Gasteiger partial charge in [-0.1, -0.05) is 0 Å². The van der Waals surface area contributed by atoms with Crippen molar-refractivity contribution in [3.8, 4) is 6.01 Å². The average Bonchev–Trinajstić information content (AvgIpc) is 2.16. The molecule has 7 nitrogen and oxygen atoms in total. The second kappa shape index (κ2) is 5.45. The van der Waals surface area contributed by atoms with Crippen LogP contribution in [0.3, 0.4) is 0 Å². The number of carbonyl (C=O) groups excluding carboxylic acids is 1. The van der Waals surface area contributed by atoms with Crippen LogP contribution >= 0.6 is 11.6 Å². The highest BCUT2D eigenvalue weighted by Gasteiger charge is 2.12. The predicted molar refractivity (Wildman–Crippen MR) is 58.3 cm³/mol. The molecule has 0 aliphatic carbocycles. The molecule has 0 spiro atoms. The van der Waals surface area contributed by atoms with E-state index in [0.29, 0.717) is 6.61 Å². The normalized spacial score (nSPS) is 11.9. The van der Waals surface area contributed by atoms with E-state index in [4.69, 9.17) is 22.1 Å². The van der Waals surface area contributed by atoms with Gasteiger partial charge in [-0.15, -0.1) is 0 Å². The van der Waals surface area contributed by atoms with Gasteiger partial charge >= 0.3 is 6.01 Å². The van der Waals surface area contributed by atoms with Gasteiger partial charge in [0.2, 0.25) is 17.1 Å². The third kappa shape index (κ3) is 3.50. The monoisotopic (exact) mass is 245 g/mol. The smallest absolute Gasteiger partial charge is 0.322 e. The minimum Gasteiger partial charge on any atom is -0.464 e. The average molecular weight is 246 g/mol. The second-order valence-electron chi connectivity index (χ2n) is 2.91. The highest BCUT2D eigenvalue weighted by Crippen LogP contribution is 2.11. The zero-order chi connectivity index (χ0) is 12.1. The number of nitrogens with zero attached hydrogens (tertiary/aromatic N) is 3. The maximum absolute atomic E-state index is 10.8. The van der Waals surface area contributed by atoms with Gasteiger partial charge in [0.25, 0.3) is 0 Å². The molecule has 0 bridgehead atoms. The molecule has 0 radical (unpaired) electrons. The van der Waals surface area contributed by atoms with Gasteiger partial charge in [-0.3, -0.25) is 4.79 Å². The summed E-state index contributed by atoms with van der Waals surface area (Å²) in [5, 5.41) is 2.66. The quantitative estimate of drug-likeness (QED) is 0.769. The van der Waals surface area contributed by atoms with Crippen molar-refractivity contribution < 1.29 is 9.53 Å². The summed E-state index contributed by atoms with van der Waals surface area (Å²) in [5.41, 5.74) is 5.08. The lowest BCUT2D eigenvalue weighted by Gasteiger charge is -2.10. The summed E-state index contributed by atoms with van der Waals surface area (Å²) in [6.45, 7) is 3.78. The first kappa shape index (κ1) is 12.4. The minimum absolute atomic E-state index is 0.0161. The zero-order valence-corrected chi connectivity index (χ0v) is 9.65. The Morgan fingerprint density at radius 1 is 1.56 bits per heavy atom.